The van der Waals surface area contributed by atoms with Crippen molar-refractivity contribution in [2.45, 2.75) is 50.3 Å². The molecule has 3 aliphatic rings. The van der Waals surface area contributed by atoms with E-state index in [0.29, 0.717) is 13.0 Å². The molecule has 1 unspecified atom stereocenters. The van der Waals surface area contributed by atoms with E-state index in [1.807, 2.05) is 6.08 Å². The van der Waals surface area contributed by atoms with Crippen LogP contribution in [0.1, 0.15) is 44.9 Å². The van der Waals surface area contributed by atoms with Gasteiger partial charge in [0, 0.05) is 29.5 Å². The number of amides is 1. The van der Waals surface area contributed by atoms with Gasteiger partial charge in [0.25, 0.3) is 0 Å². The van der Waals surface area contributed by atoms with Crippen LogP contribution in [0.4, 0.5) is 0 Å². The number of carbonyl (C=O) groups excluding carboxylic acids is 2. The van der Waals surface area contributed by atoms with Crippen molar-refractivity contribution in [3.63, 3.8) is 0 Å². The molecule has 2 N–H and O–H groups in total. The van der Waals surface area contributed by atoms with Gasteiger partial charge >= 0.3 is 0 Å². The summed E-state index contributed by atoms with van der Waals surface area (Å²) in [4.78, 5) is 24.6. The van der Waals surface area contributed by atoms with Crippen LogP contribution >= 0.6 is 11.8 Å². The van der Waals surface area contributed by atoms with Gasteiger partial charge in [-0.3, -0.25) is 9.59 Å². The highest BCUT2D eigenvalue weighted by Crippen LogP contribution is 2.36. The predicted octanol–water partition coefficient (Wildman–Crippen LogP) is 2.48. The molecule has 1 aliphatic heterocycles. The zero-order valence-corrected chi connectivity index (χ0v) is 13.0. The predicted molar refractivity (Wildman–Crippen MR) is 84.5 cm³/mol. The number of ketones is 1. The second-order valence-electron chi connectivity index (χ2n) is 5.98. The number of carbonyl (C=O) groups is 2. The summed E-state index contributed by atoms with van der Waals surface area (Å²) in [6, 6.07) is 0. The van der Waals surface area contributed by atoms with Gasteiger partial charge in [-0.25, -0.2) is 0 Å². The third-order valence-corrected chi connectivity index (χ3v) is 5.64. The average Bonchev–Trinajstić information content (AvgIpc) is 2.89. The number of hydrogen-bond donors (Lipinski definition) is 2. The first-order valence-electron chi connectivity index (χ1n) is 7.87. The quantitative estimate of drug-likeness (QED) is 0.838. The molecule has 5 heteroatoms. The maximum Gasteiger partial charge on any atom is 0.223 e. The van der Waals surface area contributed by atoms with E-state index in [1.165, 1.54) is 19.3 Å². The third kappa shape index (κ3) is 3.70. The van der Waals surface area contributed by atoms with E-state index in [-0.39, 0.29) is 23.0 Å². The van der Waals surface area contributed by atoms with Crippen LogP contribution in [0.5, 0.6) is 0 Å². The highest BCUT2D eigenvalue weighted by atomic mass is 32.2. The summed E-state index contributed by atoms with van der Waals surface area (Å²) < 4.78 is 0. The molecule has 0 radical (unpaired) electrons. The van der Waals surface area contributed by atoms with E-state index in [1.54, 1.807) is 17.8 Å². The van der Waals surface area contributed by atoms with Crippen molar-refractivity contribution < 1.29 is 9.59 Å². The smallest absolute Gasteiger partial charge is 0.223 e. The number of allylic oxidation sites excluding steroid dienone is 3. The van der Waals surface area contributed by atoms with Crippen molar-refractivity contribution in [3.05, 3.63) is 22.8 Å². The van der Waals surface area contributed by atoms with Crippen LogP contribution in [0.3, 0.4) is 0 Å². The van der Waals surface area contributed by atoms with Crippen molar-refractivity contribution >= 4 is 23.5 Å². The summed E-state index contributed by atoms with van der Waals surface area (Å²) in [6.07, 6.45) is 10.7. The fourth-order valence-corrected chi connectivity index (χ4v) is 4.40. The maximum atomic E-state index is 12.1. The standard InChI is InChI=1S/C16H22N2O2S/c19-12-6-7-13-14(10-12)21-15(18-13)8-9-17-16(20)11-4-2-1-3-5-11/h6-7,11,15,18H,1-5,8-10H2,(H,17,20). The topological polar surface area (TPSA) is 58.2 Å². The van der Waals surface area contributed by atoms with E-state index in [9.17, 15) is 9.59 Å². The molecule has 0 aromatic carbocycles. The molecular weight excluding hydrogens is 284 g/mol. The van der Waals surface area contributed by atoms with Crippen molar-refractivity contribution in [2.75, 3.05) is 6.54 Å². The lowest BCUT2D eigenvalue weighted by Crippen LogP contribution is -2.34. The molecule has 1 heterocycles. The summed E-state index contributed by atoms with van der Waals surface area (Å²) in [6.45, 7) is 0.707. The third-order valence-electron chi connectivity index (χ3n) is 4.35. The summed E-state index contributed by atoms with van der Waals surface area (Å²) in [5, 5.41) is 6.77. The molecule has 0 spiro atoms. The van der Waals surface area contributed by atoms with Crippen LogP contribution in [-0.4, -0.2) is 23.6 Å². The Morgan fingerprint density at radius 2 is 2.10 bits per heavy atom. The van der Waals surface area contributed by atoms with E-state index in [0.717, 1.165) is 29.9 Å². The Labute approximate surface area is 129 Å². The minimum Gasteiger partial charge on any atom is -0.372 e. The molecule has 21 heavy (non-hydrogen) atoms. The Balaban J connectivity index is 1.38. The lowest BCUT2D eigenvalue weighted by atomic mass is 9.89. The molecule has 0 aromatic heterocycles. The first-order chi connectivity index (χ1) is 10.2. The van der Waals surface area contributed by atoms with Crippen LogP contribution in [-0.2, 0) is 9.59 Å². The van der Waals surface area contributed by atoms with Crippen LogP contribution in [0.2, 0.25) is 0 Å². The van der Waals surface area contributed by atoms with Gasteiger partial charge in [-0.15, -0.1) is 11.8 Å². The number of hydrogen-bond acceptors (Lipinski definition) is 4. The number of rotatable bonds is 4. The molecule has 114 valence electrons. The lowest BCUT2D eigenvalue weighted by molar-refractivity contribution is -0.125. The minimum absolute atomic E-state index is 0.175. The van der Waals surface area contributed by atoms with Gasteiger partial charge in [-0.2, -0.15) is 0 Å². The first kappa shape index (κ1) is 14.7. The van der Waals surface area contributed by atoms with Gasteiger partial charge in [-0.1, -0.05) is 19.3 Å². The fourth-order valence-electron chi connectivity index (χ4n) is 3.16. The fraction of sp³-hybridized carbons (Fsp3) is 0.625. The molecule has 2 aliphatic carbocycles. The maximum absolute atomic E-state index is 12.1. The second kappa shape index (κ2) is 6.69. The van der Waals surface area contributed by atoms with Gasteiger partial charge < -0.3 is 10.6 Å². The summed E-state index contributed by atoms with van der Waals surface area (Å²) in [7, 11) is 0. The zero-order chi connectivity index (χ0) is 14.7. The van der Waals surface area contributed by atoms with E-state index >= 15 is 0 Å². The van der Waals surface area contributed by atoms with Gasteiger partial charge in [0.05, 0.1) is 5.37 Å². The van der Waals surface area contributed by atoms with Gasteiger partial charge in [0.1, 0.15) is 0 Å². The van der Waals surface area contributed by atoms with Gasteiger partial charge in [0.15, 0.2) is 5.78 Å². The first-order valence-corrected chi connectivity index (χ1v) is 8.75. The number of nitrogens with one attached hydrogen (secondary N) is 2. The summed E-state index contributed by atoms with van der Waals surface area (Å²) in [5.41, 5.74) is 1.09. The van der Waals surface area contributed by atoms with Gasteiger partial charge in [0.2, 0.25) is 5.91 Å². The Bertz CT molecular complexity index is 493. The molecule has 3 rings (SSSR count). The van der Waals surface area contributed by atoms with Crippen LogP contribution in [0.15, 0.2) is 22.8 Å². The van der Waals surface area contributed by atoms with Crippen LogP contribution < -0.4 is 10.6 Å². The Hall–Kier alpha value is -1.23. The molecule has 0 aromatic rings. The molecule has 1 saturated carbocycles. The Kier molecular flexibility index (Phi) is 4.68. The Morgan fingerprint density at radius 1 is 1.29 bits per heavy atom. The molecule has 0 saturated heterocycles. The van der Waals surface area contributed by atoms with Crippen molar-refractivity contribution in [2.24, 2.45) is 5.92 Å². The van der Waals surface area contributed by atoms with Crippen molar-refractivity contribution in [3.8, 4) is 0 Å². The highest BCUT2D eigenvalue weighted by Gasteiger charge is 2.26. The monoisotopic (exact) mass is 306 g/mol. The normalized spacial score (nSPS) is 25.7. The van der Waals surface area contributed by atoms with Crippen molar-refractivity contribution in [1.82, 2.24) is 10.6 Å². The largest absolute Gasteiger partial charge is 0.372 e. The van der Waals surface area contributed by atoms with E-state index in [2.05, 4.69) is 10.6 Å². The molecule has 1 atom stereocenters. The molecular formula is C16H22N2O2S. The highest BCUT2D eigenvalue weighted by molar-refractivity contribution is 8.03. The molecule has 4 nitrogen and oxygen atoms in total. The van der Waals surface area contributed by atoms with Crippen LogP contribution in [0, 0.1) is 5.92 Å². The molecule has 1 amide bonds. The van der Waals surface area contributed by atoms with Crippen molar-refractivity contribution in [1.29, 1.82) is 0 Å². The average molecular weight is 306 g/mol. The summed E-state index contributed by atoms with van der Waals surface area (Å²) >= 11 is 1.73. The number of thioether (sulfide) groups is 1. The lowest BCUT2D eigenvalue weighted by Gasteiger charge is -2.21. The van der Waals surface area contributed by atoms with Crippen LogP contribution in [0.25, 0.3) is 0 Å². The summed E-state index contributed by atoms with van der Waals surface area (Å²) in [5.74, 6) is 0.634. The molecule has 0 bridgehead atoms. The second-order valence-corrected chi connectivity index (χ2v) is 7.28. The Morgan fingerprint density at radius 3 is 2.90 bits per heavy atom. The minimum atomic E-state index is 0.175. The van der Waals surface area contributed by atoms with E-state index in [4.69, 9.17) is 0 Å². The van der Waals surface area contributed by atoms with Gasteiger partial charge in [-0.05, 0) is 31.4 Å². The SMILES string of the molecule is O=C1C=CC2=C(C1)SC(CCNC(=O)C1CCCCC1)N2. The zero-order valence-electron chi connectivity index (χ0n) is 12.2. The molecule has 1 fully saturated rings. The van der Waals surface area contributed by atoms with E-state index < -0.39 is 0 Å².